The van der Waals surface area contributed by atoms with Crippen molar-refractivity contribution in [3.63, 3.8) is 0 Å². The second kappa shape index (κ2) is 4.96. The van der Waals surface area contributed by atoms with E-state index in [0.29, 0.717) is 25.9 Å². The van der Waals surface area contributed by atoms with Crippen LogP contribution in [0.2, 0.25) is 0 Å². The number of piperidine rings is 1. The largest absolute Gasteiger partial charge is 0.481 e. The lowest BCUT2D eigenvalue weighted by molar-refractivity contribution is -0.147. The summed E-state index contributed by atoms with van der Waals surface area (Å²) in [6, 6.07) is 0. The van der Waals surface area contributed by atoms with Crippen LogP contribution in [-0.4, -0.2) is 35.0 Å². The smallest absolute Gasteiger partial charge is 0.308 e. The molecule has 0 aromatic carbocycles. The summed E-state index contributed by atoms with van der Waals surface area (Å²) in [6.07, 6.45) is 1.62. The van der Waals surface area contributed by atoms with Gasteiger partial charge in [-0.15, -0.1) is 0 Å². The number of carboxylic acids is 1. The molecule has 0 bridgehead atoms. The second-order valence-electron chi connectivity index (χ2n) is 3.95. The first kappa shape index (κ1) is 11.8. The molecule has 0 spiro atoms. The highest BCUT2D eigenvalue weighted by molar-refractivity contribution is 5.80. The number of carbonyl (C=O) groups is 2. The standard InChI is InChI=1S/C11H17NO3/c1-3-8(2)6-12-7-9(11(14)15)4-5-10(12)13/h9H,2-7H2,1H3,(H,14,15). The number of amides is 1. The maximum atomic E-state index is 11.5. The molecule has 1 aliphatic heterocycles. The highest BCUT2D eigenvalue weighted by Gasteiger charge is 2.29. The topological polar surface area (TPSA) is 57.6 Å². The number of carbonyl (C=O) groups excluding carboxylic acids is 1. The fourth-order valence-electron chi connectivity index (χ4n) is 1.65. The summed E-state index contributed by atoms with van der Waals surface area (Å²) in [5.41, 5.74) is 0.967. The monoisotopic (exact) mass is 211 g/mol. The number of carboxylic acid groups (broad SMARTS) is 1. The van der Waals surface area contributed by atoms with Crippen molar-refractivity contribution in [2.75, 3.05) is 13.1 Å². The summed E-state index contributed by atoms with van der Waals surface area (Å²) in [5, 5.41) is 8.87. The molecule has 84 valence electrons. The SMILES string of the molecule is C=C(CC)CN1CC(C(=O)O)CCC1=O. The Morgan fingerprint density at radius 1 is 1.67 bits per heavy atom. The van der Waals surface area contributed by atoms with Crippen molar-refractivity contribution in [1.29, 1.82) is 0 Å². The average Bonchev–Trinajstić information content (AvgIpc) is 2.20. The van der Waals surface area contributed by atoms with Gasteiger partial charge in [0.15, 0.2) is 0 Å². The first-order valence-electron chi connectivity index (χ1n) is 5.21. The minimum Gasteiger partial charge on any atom is -0.481 e. The Morgan fingerprint density at radius 3 is 2.87 bits per heavy atom. The lowest BCUT2D eigenvalue weighted by Gasteiger charge is -2.31. The van der Waals surface area contributed by atoms with Crippen molar-refractivity contribution < 1.29 is 14.7 Å². The molecule has 0 aromatic rings. The number of hydrogen-bond donors (Lipinski definition) is 1. The van der Waals surface area contributed by atoms with Gasteiger partial charge in [-0.1, -0.05) is 19.1 Å². The molecular weight excluding hydrogens is 194 g/mol. The van der Waals surface area contributed by atoms with E-state index in [-0.39, 0.29) is 5.91 Å². The molecule has 15 heavy (non-hydrogen) atoms. The van der Waals surface area contributed by atoms with Gasteiger partial charge in [-0.25, -0.2) is 0 Å². The predicted octanol–water partition coefficient (Wildman–Crippen LogP) is 1.28. The number of nitrogens with zero attached hydrogens (tertiary/aromatic N) is 1. The zero-order valence-corrected chi connectivity index (χ0v) is 9.03. The Hall–Kier alpha value is -1.32. The second-order valence-corrected chi connectivity index (χ2v) is 3.95. The number of rotatable bonds is 4. The molecule has 1 fully saturated rings. The van der Waals surface area contributed by atoms with Crippen LogP contribution < -0.4 is 0 Å². The van der Waals surface area contributed by atoms with Gasteiger partial charge >= 0.3 is 5.97 Å². The molecule has 1 N–H and O–H groups in total. The molecule has 0 aliphatic carbocycles. The van der Waals surface area contributed by atoms with Gasteiger partial charge in [0.25, 0.3) is 0 Å². The molecule has 0 aromatic heterocycles. The van der Waals surface area contributed by atoms with Gasteiger partial charge in [0.2, 0.25) is 5.91 Å². The summed E-state index contributed by atoms with van der Waals surface area (Å²) >= 11 is 0. The highest BCUT2D eigenvalue weighted by atomic mass is 16.4. The fourth-order valence-corrected chi connectivity index (χ4v) is 1.65. The van der Waals surface area contributed by atoms with Crippen molar-refractivity contribution in [2.24, 2.45) is 5.92 Å². The Bertz CT molecular complexity index is 286. The third-order valence-electron chi connectivity index (χ3n) is 2.76. The van der Waals surface area contributed by atoms with Crippen LogP contribution in [-0.2, 0) is 9.59 Å². The van der Waals surface area contributed by atoms with Crippen molar-refractivity contribution in [3.8, 4) is 0 Å². The molecule has 1 aliphatic rings. The molecular formula is C11H17NO3. The predicted molar refractivity (Wildman–Crippen MR) is 56.4 cm³/mol. The first-order valence-corrected chi connectivity index (χ1v) is 5.21. The van der Waals surface area contributed by atoms with Crippen molar-refractivity contribution in [2.45, 2.75) is 26.2 Å². The molecule has 1 atom stereocenters. The van der Waals surface area contributed by atoms with Crippen LogP contribution in [0.25, 0.3) is 0 Å². The normalized spacial score (nSPS) is 21.5. The Labute approximate surface area is 89.6 Å². The third-order valence-corrected chi connectivity index (χ3v) is 2.76. The van der Waals surface area contributed by atoms with Crippen LogP contribution >= 0.6 is 0 Å². The van der Waals surface area contributed by atoms with E-state index in [4.69, 9.17) is 5.11 Å². The molecule has 1 saturated heterocycles. The molecule has 1 heterocycles. The molecule has 0 radical (unpaired) electrons. The maximum absolute atomic E-state index is 11.5. The summed E-state index contributed by atoms with van der Waals surface area (Å²) < 4.78 is 0. The molecule has 4 nitrogen and oxygen atoms in total. The number of aliphatic carboxylic acids is 1. The van der Waals surface area contributed by atoms with Gasteiger partial charge in [-0.05, 0) is 12.8 Å². The lowest BCUT2D eigenvalue weighted by Crippen LogP contribution is -2.43. The van der Waals surface area contributed by atoms with Crippen molar-refractivity contribution in [3.05, 3.63) is 12.2 Å². The fraction of sp³-hybridized carbons (Fsp3) is 0.636. The van der Waals surface area contributed by atoms with E-state index in [1.165, 1.54) is 0 Å². The summed E-state index contributed by atoms with van der Waals surface area (Å²) in [5.74, 6) is -1.18. The van der Waals surface area contributed by atoms with Crippen LogP contribution in [0.4, 0.5) is 0 Å². The quantitative estimate of drug-likeness (QED) is 0.712. The molecule has 1 amide bonds. The third kappa shape index (κ3) is 3.08. The summed E-state index contributed by atoms with van der Waals surface area (Å²) in [7, 11) is 0. The zero-order chi connectivity index (χ0) is 11.4. The van der Waals surface area contributed by atoms with Crippen LogP contribution in [0, 0.1) is 5.92 Å². The maximum Gasteiger partial charge on any atom is 0.308 e. The van der Waals surface area contributed by atoms with Crippen LogP contribution in [0.1, 0.15) is 26.2 Å². The minimum atomic E-state index is -0.811. The van der Waals surface area contributed by atoms with E-state index in [9.17, 15) is 9.59 Å². The zero-order valence-electron chi connectivity index (χ0n) is 9.03. The lowest BCUT2D eigenvalue weighted by atomic mass is 9.97. The van der Waals surface area contributed by atoms with Crippen molar-refractivity contribution in [1.82, 2.24) is 4.90 Å². The van der Waals surface area contributed by atoms with Crippen LogP contribution in [0.15, 0.2) is 12.2 Å². The number of hydrogen-bond acceptors (Lipinski definition) is 2. The van der Waals surface area contributed by atoms with Gasteiger partial charge in [0.1, 0.15) is 0 Å². The van der Waals surface area contributed by atoms with E-state index in [0.717, 1.165) is 12.0 Å². The minimum absolute atomic E-state index is 0.0436. The average molecular weight is 211 g/mol. The van der Waals surface area contributed by atoms with E-state index in [1.54, 1.807) is 4.90 Å². The summed E-state index contributed by atoms with van der Waals surface area (Å²) in [4.78, 5) is 23.9. The van der Waals surface area contributed by atoms with E-state index < -0.39 is 11.9 Å². The molecule has 1 unspecified atom stereocenters. The van der Waals surface area contributed by atoms with Gasteiger partial charge < -0.3 is 10.0 Å². The van der Waals surface area contributed by atoms with E-state index in [1.807, 2.05) is 6.92 Å². The number of likely N-dealkylation sites (tertiary alicyclic amines) is 1. The Morgan fingerprint density at radius 2 is 2.33 bits per heavy atom. The molecule has 0 saturated carbocycles. The molecule has 1 rings (SSSR count). The van der Waals surface area contributed by atoms with E-state index >= 15 is 0 Å². The van der Waals surface area contributed by atoms with E-state index in [2.05, 4.69) is 6.58 Å². The Kier molecular flexibility index (Phi) is 3.88. The molecule has 4 heteroatoms. The summed E-state index contributed by atoms with van der Waals surface area (Å²) in [6.45, 7) is 6.63. The van der Waals surface area contributed by atoms with Crippen LogP contribution in [0.3, 0.4) is 0 Å². The van der Waals surface area contributed by atoms with Crippen LogP contribution in [0.5, 0.6) is 0 Å². The van der Waals surface area contributed by atoms with Gasteiger partial charge in [0, 0.05) is 19.5 Å². The first-order chi connectivity index (χ1) is 7.04. The van der Waals surface area contributed by atoms with Gasteiger partial charge in [0.05, 0.1) is 5.92 Å². The Balaban J connectivity index is 2.57. The highest BCUT2D eigenvalue weighted by Crippen LogP contribution is 2.18. The van der Waals surface area contributed by atoms with Gasteiger partial charge in [-0.2, -0.15) is 0 Å². The van der Waals surface area contributed by atoms with Crippen molar-refractivity contribution >= 4 is 11.9 Å². The van der Waals surface area contributed by atoms with Gasteiger partial charge in [-0.3, -0.25) is 9.59 Å².